The quantitative estimate of drug-likeness (QED) is 0.690. The standard InChI is InChI=1S/C12H23N2O2.BF3.K/c1-9-7-14(8-10(2)13(9)6)11(15)16-12(3,4)5;2-1(3)4;/h9-10H,6-8H2,1-5H3;;/t9-,10+;;. The Labute approximate surface area is 159 Å². The van der Waals surface area contributed by atoms with Crippen LogP contribution in [0.3, 0.4) is 0 Å². The van der Waals surface area contributed by atoms with E-state index in [-0.39, 0.29) is 6.09 Å². The number of halogens is 3. The summed E-state index contributed by atoms with van der Waals surface area (Å²) in [5.74, 6) is 0. The number of carbonyl (C=O) groups is 1. The molecule has 1 aliphatic rings. The van der Waals surface area contributed by atoms with Gasteiger partial charge >= 0.3 is 148 Å². The van der Waals surface area contributed by atoms with E-state index in [1.165, 1.54) is 0.639 Å². The molecule has 0 aliphatic carbocycles. The van der Waals surface area contributed by atoms with Gasteiger partial charge in [-0.1, -0.05) is 0 Å². The molecule has 9 heteroatoms. The van der Waals surface area contributed by atoms with Crippen molar-refractivity contribution in [2.75, 3.05) is 13.7 Å². The van der Waals surface area contributed by atoms with Gasteiger partial charge in [-0.15, -0.1) is 0 Å². The Balaban J connectivity index is 0.000000885. The molecule has 0 aromatic carbocycles. The van der Waals surface area contributed by atoms with Gasteiger partial charge in [-0.05, 0) is 0 Å². The molecule has 1 saturated heterocycles. The number of amides is 1. The van der Waals surface area contributed by atoms with E-state index in [2.05, 4.69) is 18.7 Å². The summed E-state index contributed by atoms with van der Waals surface area (Å²) >= 11 is 0.837. The van der Waals surface area contributed by atoms with Crippen molar-refractivity contribution in [3.05, 3.63) is 0 Å². The van der Waals surface area contributed by atoms with Gasteiger partial charge in [-0.3, -0.25) is 12.9 Å². The molecule has 0 aromatic rings. The first-order chi connectivity index (χ1) is 9.47. The topological polar surface area (TPSA) is 32.8 Å². The van der Waals surface area contributed by atoms with Crippen LogP contribution in [0.25, 0.3) is 0 Å². The van der Waals surface area contributed by atoms with E-state index in [1.807, 2.05) is 25.7 Å². The van der Waals surface area contributed by atoms with Gasteiger partial charge in [0, 0.05) is 0 Å². The van der Waals surface area contributed by atoms with E-state index in [0.29, 0.717) is 12.1 Å². The van der Waals surface area contributed by atoms with Crippen molar-refractivity contribution in [2.45, 2.75) is 52.3 Å². The minimum atomic E-state index is -3.67. The van der Waals surface area contributed by atoms with Gasteiger partial charge in [0.15, 0.2) is 0 Å². The van der Waals surface area contributed by atoms with Crippen LogP contribution < -0.4 is 0 Å². The summed E-state index contributed by atoms with van der Waals surface area (Å²) in [7, 11) is -3.67. The van der Waals surface area contributed by atoms with Crippen molar-refractivity contribution in [1.29, 1.82) is 0 Å². The Morgan fingerprint density at radius 1 is 1.24 bits per heavy atom. The predicted molar refractivity (Wildman–Crippen MR) is 78.3 cm³/mol. The molecule has 0 bridgehead atoms. The summed E-state index contributed by atoms with van der Waals surface area (Å²) in [5, 5.41) is 0. The number of piperazine rings is 1. The van der Waals surface area contributed by atoms with Gasteiger partial charge in [-0.2, -0.15) is 0 Å². The van der Waals surface area contributed by atoms with E-state index < -0.39 is 13.1 Å². The third kappa shape index (κ3) is 9.45. The monoisotopic (exact) mass is 334 g/mol. The SMILES string of the molecule is C[C@@H]1CN(C(=O)OC(C)(C)C)C[C@H](C)N1[CH2][K].FB(F)F. The van der Waals surface area contributed by atoms with Crippen LogP contribution in [0.2, 0.25) is 0 Å². The van der Waals surface area contributed by atoms with Gasteiger partial charge < -0.3 is 0 Å². The minimum absolute atomic E-state index is 0.173. The van der Waals surface area contributed by atoms with Crippen LogP contribution >= 0.6 is 0 Å². The first kappa shape index (κ1) is 21.7. The first-order valence-corrected chi connectivity index (χ1v) is 9.34. The van der Waals surface area contributed by atoms with E-state index in [0.717, 1.165) is 62.0 Å². The Kier molecular flexibility index (Phi) is 10.1. The van der Waals surface area contributed by atoms with Gasteiger partial charge in [0.25, 0.3) is 0 Å². The summed E-state index contributed by atoms with van der Waals surface area (Å²) < 4.78 is 35.6. The largest absolute Gasteiger partial charge is 0.762 e. The zero-order valence-corrected chi connectivity index (χ0v) is 16.8. The van der Waals surface area contributed by atoms with Crippen molar-refractivity contribution in [3.8, 4) is 0 Å². The summed E-state index contributed by atoms with van der Waals surface area (Å²) in [4.78, 5) is 16.3. The molecule has 1 aliphatic heterocycles. The molecule has 2 atom stereocenters. The van der Waals surface area contributed by atoms with Crippen molar-refractivity contribution in [1.82, 2.24) is 9.80 Å². The number of nitrogens with zero attached hydrogens (tertiary/aromatic N) is 2. The van der Waals surface area contributed by atoms with Gasteiger partial charge in [0.2, 0.25) is 0 Å². The molecule has 1 fully saturated rings. The number of carbonyl (C=O) groups excluding carboxylic acids is 1. The Hall–Kier alpha value is 0.721. The summed E-state index contributed by atoms with van der Waals surface area (Å²) in [6.07, 6.45) is -0.173. The van der Waals surface area contributed by atoms with Crippen LogP contribution in [-0.4, -0.2) is 104 Å². The summed E-state index contributed by atoms with van der Waals surface area (Å²) in [6.45, 7) is 11.7. The van der Waals surface area contributed by atoms with E-state index in [4.69, 9.17) is 4.74 Å². The maximum atomic E-state index is 12.0. The number of ether oxygens (including phenoxy) is 1. The fraction of sp³-hybridized carbons (Fsp3) is 0.917. The van der Waals surface area contributed by atoms with Crippen molar-refractivity contribution in [2.24, 2.45) is 0 Å². The third-order valence-corrected chi connectivity index (χ3v) is 4.26. The maximum Gasteiger partial charge on any atom is 0.762 e. The molecule has 0 N–H and O–H groups in total. The number of hydrogen-bond donors (Lipinski definition) is 0. The van der Waals surface area contributed by atoms with E-state index in [1.54, 1.807) is 0 Å². The molecule has 0 radical (unpaired) electrons. The zero-order chi connectivity index (χ0) is 16.8. The van der Waals surface area contributed by atoms with Crippen LogP contribution in [0.1, 0.15) is 34.6 Å². The third-order valence-electron chi connectivity index (χ3n) is 3.12. The number of hydrogen-bond acceptors (Lipinski definition) is 3. The molecule has 0 unspecified atom stereocenters. The molecule has 1 heterocycles. The van der Waals surface area contributed by atoms with Crippen LogP contribution in [0, 0.1) is 0 Å². The molecule has 4 nitrogen and oxygen atoms in total. The van der Waals surface area contributed by atoms with Crippen LogP contribution in [0.15, 0.2) is 0 Å². The molecule has 21 heavy (non-hydrogen) atoms. The molecule has 0 aromatic heterocycles. The zero-order valence-electron chi connectivity index (χ0n) is 13.7. The first-order valence-electron chi connectivity index (χ1n) is 7.13. The van der Waals surface area contributed by atoms with Crippen molar-refractivity contribution in [3.63, 3.8) is 0 Å². The van der Waals surface area contributed by atoms with Gasteiger partial charge in [-0.25, -0.2) is 0 Å². The summed E-state index contributed by atoms with van der Waals surface area (Å²) in [6, 6.07) is 0.892. The van der Waals surface area contributed by atoms with Crippen LogP contribution in [0.4, 0.5) is 17.7 Å². The Morgan fingerprint density at radius 2 is 1.62 bits per heavy atom. The average molecular weight is 334 g/mol. The molecule has 118 valence electrons. The van der Waals surface area contributed by atoms with Gasteiger partial charge in [0.05, 0.1) is 0 Å². The van der Waals surface area contributed by atoms with Gasteiger partial charge in [0.1, 0.15) is 0 Å². The van der Waals surface area contributed by atoms with Crippen LogP contribution in [0.5, 0.6) is 0 Å². The Bertz CT molecular complexity index is 317. The molecule has 0 spiro atoms. The second-order valence-corrected chi connectivity index (χ2v) is 7.15. The fourth-order valence-corrected chi connectivity index (χ4v) is 4.40. The fourth-order valence-electron chi connectivity index (χ4n) is 2.46. The predicted octanol–water partition coefficient (Wildman–Crippen LogP) is 2.32. The van der Waals surface area contributed by atoms with Crippen LogP contribution in [-0.2, 0) is 4.74 Å². The smallest absolute Gasteiger partial charge is 0.254 e. The molecule has 1 amide bonds. The van der Waals surface area contributed by atoms with Crippen molar-refractivity contribution < 1.29 is 22.5 Å². The normalized spacial score (nSPS) is 23.2. The molecular formula is C12H23BF3KN2O2. The van der Waals surface area contributed by atoms with Crippen molar-refractivity contribution >= 4 is 62.6 Å². The number of rotatable bonds is 1. The second kappa shape index (κ2) is 9.77. The Morgan fingerprint density at radius 3 is 1.90 bits per heavy atom. The minimum Gasteiger partial charge on any atom is -0.254 e. The molecule has 0 saturated carbocycles. The maximum absolute atomic E-state index is 12.0. The summed E-state index contributed by atoms with van der Waals surface area (Å²) in [5.41, 5.74) is -0.402. The van der Waals surface area contributed by atoms with E-state index >= 15 is 0 Å². The van der Waals surface area contributed by atoms with E-state index in [9.17, 15) is 17.7 Å². The second-order valence-electron chi connectivity index (χ2n) is 6.16. The average Bonchev–Trinajstić information content (AvgIpc) is 2.25. The molecular weight excluding hydrogens is 311 g/mol. The molecule has 1 rings (SSSR count).